The van der Waals surface area contributed by atoms with E-state index in [0.29, 0.717) is 18.8 Å². The summed E-state index contributed by atoms with van der Waals surface area (Å²) in [6.07, 6.45) is 5.14. The van der Waals surface area contributed by atoms with Gasteiger partial charge in [-0.3, -0.25) is 9.79 Å². The maximum Gasteiger partial charge on any atom is 0.289 e. The van der Waals surface area contributed by atoms with E-state index in [4.69, 9.17) is 14.1 Å². The minimum absolute atomic E-state index is 0. The second-order valence-corrected chi connectivity index (χ2v) is 6.86. The van der Waals surface area contributed by atoms with E-state index in [1.807, 2.05) is 4.90 Å². The number of hydrogen-bond donors (Lipinski definition) is 1. The van der Waals surface area contributed by atoms with E-state index in [1.54, 1.807) is 12.1 Å². The van der Waals surface area contributed by atoms with Gasteiger partial charge in [-0.05, 0) is 44.2 Å². The van der Waals surface area contributed by atoms with Gasteiger partial charge in [-0.2, -0.15) is 0 Å². The van der Waals surface area contributed by atoms with E-state index >= 15 is 0 Å². The van der Waals surface area contributed by atoms with Crippen LogP contribution in [-0.2, 0) is 4.74 Å². The monoisotopic (exact) mass is 490 g/mol. The number of halogens is 1. The van der Waals surface area contributed by atoms with Crippen LogP contribution in [0.3, 0.4) is 0 Å². The number of guanidine groups is 1. The summed E-state index contributed by atoms with van der Waals surface area (Å²) in [4.78, 5) is 21.1. The third-order valence-corrected chi connectivity index (χ3v) is 4.69. The van der Waals surface area contributed by atoms with Crippen LogP contribution in [0, 0.1) is 5.92 Å². The second kappa shape index (κ2) is 11.5. The molecule has 152 valence electrons. The van der Waals surface area contributed by atoms with Gasteiger partial charge in [-0.15, -0.1) is 24.0 Å². The Balaban J connectivity index is 0.00000261. The molecule has 1 saturated carbocycles. The standard InChI is InChI=1S/C19H30N4O3.HI/c1-2-20-19(21-8-4-13-25-15-16-6-7-16)23-11-9-22(10-12-23)18(24)17-5-3-14-26-17;/h3,5,14,16H,2,4,6-13,15H2,1H3,(H,20,21);1H. The molecule has 1 aromatic rings. The van der Waals surface area contributed by atoms with E-state index in [1.165, 1.54) is 19.1 Å². The Morgan fingerprint density at radius 3 is 2.67 bits per heavy atom. The third-order valence-electron chi connectivity index (χ3n) is 4.69. The molecule has 0 spiro atoms. The highest BCUT2D eigenvalue weighted by Crippen LogP contribution is 2.28. The molecule has 2 fully saturated rings. The fraction of sp³-hybridized carbons (Fsp3) is 0.684. The van der Waals surface area contributed by atoms with Crippen molar-refractivity contribution in [3.05, 3.63) is 24.2 Å². The Bertz CT molecular complexity index is 582. The van der Waals surface area contributed by atoms with Crippen LogP contribution in [0.4, 0.5) is 0 Å². The fourth-order valence-corrected chi connectivity index (χ4v) is 2.99. The molecule has 1 N–H and O–H groups in total. The molecule has 2 heterocycles. The normalized spacial score (nSPS) is 17.6. The van der Waals surface area contributed by atoms with Gasteiger partial charge in [0, 0.05) is 52.5 Å². The SMILES string of the molecule is CCNC(=NCCCOCC1CC1)N1CCN(C(=O)c2ccco2)CC1.I. The van der Waals surface area contributed by atoms with E-state index in [9.17, 15) is 4.79 Å². The average molecular weight is 490 g/mol. The average Bonchev–Trinajstić information content (AvgIpc) is 3.33. The molecule has 1 aliphatic carbocycles. The van der Waals surface area contributed by atoms with Gasteiger partial charge in [0.15, 0.2) is 11.7 Å². The number of nitrogens with zero attached hydrogens (tertiary/aromatic N) is 3. The van der Waals surface area contributed by atoms with Crippen LogP contribution in [-0.4, -0.2) is 74.1 Å². The number of rotatable bonds is 8. The second-order valence-electron chi connectivity index (χ2n) is 6.86. The summed E-state index contributed by atoms with van der Waals surface area (Å²) in [5, 5.41) is 3.36. The number of aliphatic imine (C=N–C) groups is 1. The molecule has 7 nitrogen and oxygen atoms in total. The Hall–Kier alpha value is -1.29. The zero-order chi connectivity index (χ0) is 18.2. The summed E-state index contributed by atoms with van der Waals surface area (Å²) < 4.78 is 10.9. The largest absolute Gasteiger partial charge is 0.459 e. The molecule has 3 rings (SSSR count). The van der Waals surface area contributed by atoms with Crippen molar-refractivity contribution in [3.8, 4) is 0 Å². The van der Waals surface area contributed by atoms with E-state index in [0.717, 1.165) is 57.7 Å². The van der Waals surface area contributed by atoms with Crippen molar-refractivity contribution in [1.29, 1.82) is 0 Å². The van der Waals surface area contributed by atoms with Crippen molar-refractivity contribution in [3.63, 3.8) is 0 Å². The number of carbonyl (C=O) groups is 1. The number of amides is 1. The first kappa shape index (κ1) is 22.0. The highest BCUT2D eigenvalue weighted by atomic mass is 127. The Labute approximate surface area is 178 Å². The van der Waals surface area contributed by atoms with Crippen LogP contribution < -0.4 is 5.32 Å². The first-order valence-electron chi connectivity index (χ1n) is 9.71. The minimum Gasteiger partial charge on any atom is -0.459 e. The molecule has 27 heavy (non-hydrogen) atoms. The Morgan fingerprint density at radius 1 is 1.30 bits per heavy atom. The maximum absolute atomic E-state index is 12.3. The first-order chi connectivity index (χ1) is 12.8. The van der Waals surface area contributed by atoms with Gasteiger partial charge in [0.05, 0.1) is 6.26 Å². The van der Waals surface area contributed by atoms with Crippen molar-refractivity contribution in [2.45, 2.75) is 26.2 Å². The van der Waals surface area contributed by atoms with E-state index in [2.05, 4.69) is 17.1 Å². The molecule has 1 aliphatic heterocycles. The summed E-state index contributed by atoms with van der Waals surface area (Å²) in [5.74, 6) is 2.12. The molecule has 8 heteroatoms. The molecule has 0 aromatic carbocycles. The van der Waals surface area contributed by atoms with Crippen LogP contribution in [0.5, 0.6) is 0 Å². The molecule has 0 radical (unpaired) electrons. The summed E-state index contributed by atoms with van der Waals surface area (Å²) in [6.45, 7) is 8.27. The topological polar surface area (TPSA) is 70.3 Å². The lowest BCUT2D eigenvalue weighted by molar-refractivity contribution is 0.0657. The molecule has 1 saturated heterocycles. The lowest BCUT2D eigenvalue weighted by Gasteiger charge is -2.36. The van der Waals surface area contributed by atoms with Crippen molar-refractivity contribution in [1.82, 2.24) is 15.1 Å². The Kier molecular flexibility index (Phi) is 9.40. The predicted octanol–water partition coefficient (Wildman–Crippen LogP) is 2.44. The summed E-state index contributed by atoms with van der Waals surface area (Å²) in [5.41, 5.74) is 0. The van der Waals surface area contributed by atoms with Crippen LogP contribution in [0.25, 0.3) is 0 Å². The van der Waals surface area contributed by atoms with E-state index in [-0.39, 0.29) is 29.9 Å². The number of carbonyl (C=O) groups excluding carboxylic acids is 1. The van der Waals surface area contributed by atoms with Gasteiger partial charge < -0.3 is 24.3 Å². The quantitative estimate of drug-likeness (QED) is 0.263. The van der Waals surface area contributed by atoms with Gasteiger partial charge in [0.1, 0.15) is 0 Å². The number of ether oxygens (including phenoxy) is 1. The van der Waals surface area contributed by atoms with Crippen LogP contribution in [0.1, 0.15) is 36.7 Å². The van der Waals surface area contributed by atoms with Crippen LogP contribution in [0.2, 0.25) is 0 Å². The van der Waals surface area contributed by atoms with Crippen molar-refractivity contribution in [2.75, 3.05) is 52.5 Å². The fourth-order valence-electron chi connectivity index (χ4n) is 2.99. The molecule has 0 unspecified atom stereocenters. The molecule has 0 atom stereocenters. The van der Waals surface area contributed by atoms with Gasteiger partial charge in [-0.25, -0.2) is 0 Å². The molecule has 1 amide bonds. The van der Waals surface area contributed by atoms with Gasteiger partial charge in [0.2, 0.25) is 0 Å². The van der Waals surface area contributed by atoms with E-state index < -0.39 is 0 Å². The molecule has 2 aliphatic rings. The van der Waals surface area contributed by atoms with Gasteiger partial charge >= 0.3 is 0 Å². The first-order valence-corrected chi connectivity index (χ1v) is 9.71. The summed E-state index contributed by atoms with van der Waals surface area (Å²) in [6, 6.07) is 3.46. The van der Waals surface area contributed by atoms with Crippen LogP contribution in [0.15, 0.2) is 27.8 Å². The Morgan fingerprint density at radius 2 is 2.04 bits per heavy atom. The highest BCUT2D eigenvalue weighted by Gasteiger charge is 2.25. The zero-order valence-corrected chi connectivity index (χ0v) is 18.4. The van der Waals surface area contributed by atoms with Crippen molar-refractivity contribution in [2.24, 2.45) is 10.9 Å². The highest BCUT2D eigenvalue weighted by molar-refractivity contribution is 14.0. The molecular weight excluding hydrogens is 459 g/mol. The summed E-state index contributed by atoms with van der Waals surface area (Å²) in [7, 11) is 0. The molecule has 0 bridgehead atoms. The van der Waals surface area contributed by atoms with Crippen molar-refractivity contribution >= 4 is 35.8 Å². The number of hydrogen-bond acceptors (Lipinski definition) is 4. The van der Waals surface area contributed by atoms with Gasteiger partial charge in [-0.1, -0.05) is 0 Å². The molecule has 1 aromatic heterocycles. The number of furan rings is 1. The number of piperazine rings is 1. The maximum atomic E-state index is 12.3. The smallest absolute Gasteiger partial charge is 0.289 e. The zero-order valence-electron chi connectivity index (χ0n) is 16.1. The minimum atomic E-state index is -0.0376. The lowest BCUT2D eigenvalue weighted by Crippen LogP contribution is -2.53. The third kappa shape index (κ3) is 6.99. The number of nitrogens with one attached hydrogen (secondary N) is 1. The van der Waals surface area contributed by atoms with Crippen molar-refractivity contribution < 1.29 is 13.9 Å². The predicted molar refractivity (Wildman–Crippen MR) is 116 cm³/mol. The summed E-state index contributed by atoms with van der Waals surface area (Å²) >= 11 is 0. The van der Waals surface area contributed by atoms with Crippen LogP contribution >= 0.6 is 24.0 Å². The molecular formula is C19H31IN4O3. The van der Waals surface area contributed by atoms with Gasteiger partial charge in [0.25, 0.3) is 5.91 Å². The lowest BCUT2D eigenvalue weighted by atomic mass is 10.3.